The lowest BCUT2D eigenvalue weighted by Crippen LogP contribution is -2.50. The van der Waals surface area contributed by atoms with Gasteiger partial charge in [0, 0.05) is 24.4 Å². The highest BCUT2D eigenvalue weighted by Gasteiger charge is 2.41. The van der Waals surface area contributed by atoms with Crippen molar-refractivity contribution in [1.29, 1.82) is 0 Å². The van der Waals surface area contributed by atoms with Crippen LogP contribution in [0.1, 0.15) is 31.0 Å². The summed E-state index contributed by atoms with van der Waals surface area (Å²) in [6, 6.07) is 0. The molecule has 0 aromatic carbocycles. The molecule has 2 rings (SSSR count). The second-order valence-electron chi connectivity index (χ2n) is 5.48. The summed E-state index contributed by atoms with van der Waals surface area (Å²) in [5.74, 6) is 0.224. The minimum atomic E-state index is -0.495. The van der Waals surface area contributed by atoms with Crippen LogP contribution in [0.15, 0.2) is 12.3 Å². The van der Waals surface area contributed by atoms with Gasteiger partial charge in [0.15, 0.2) is 0 Å². The number of aromatic nitrogens is 2. The average molecular weight is 263 g/mol. The van der Waals surface area contributed by atoms with Gasteiger partial charge in [-0.15, -0.1) is 0 Å². The van der Waals surface area contributed by atoms with Crippen LogP contribution in [-0.4, -0.2) is 32.9 Å². The van der Waals surface area contributed by atoms with E-state index in [1.807, 2.05) is 20.9 Å². The van der Waals surface area contributed by atoms with Gasteiger partial charge in [0.2, 0.25) is 5.91 Å². The number of aryl methyl sites for hydroxylation is 1. The van der Waals surface area contributed by atoms with Crippen molar-refractivity contribution in [1.82, 2.24) is 15.1 Å². The molecule has 1 aromatic heterocycles. The number of nitrogens with zero attached hydrogens (tertiary/aromatic N) is 2. The van der Waals surface area contributed by atoms with Crippen LogP contribution in [0.2, 0.25) is 0 Å². The van der Waals surface area contributed by atoms with Crippen LogP contribution < -0.4 is 5.32 Å². The fraction of sp³-hybridized carbons (Fsp3) is 0.571. The summed E-state index contributed by atoms with van der Waals surface area (Å²) in [6.07, 6.45) is 7.12. The largest absolute Gasteiger partial charge is 0.394 e. The topological polar surface area (TPSA) is 67.2 Å². The predicted octanol–water partition coefficient (Wildman–Crippen LogP) is 1.02. The minimum Gasteiger partial charge on any atom is -0.394 e. The molecule has 1 amide bonds. The summed E-state index contributed by atoms with van der Waals surface area (Å²) in [7, 11) is 1.86. The lowest BCUT2D eigenvalue weighted by Gasteiger charge is -2.28. The highest BCUT2D eigenvalue weighted by atomic mass is 16.3. The summed E-state index contributed by atoms with van der Waals surface area (Å²) in [6.45, 7) is 3.82. The van der Waals surface area contributed by atoms with E-state index in [-0.39, 0.29) is 12.5 Å². The number of nitrogens with one attached hydrogen (secondary N) is 1. The number of hydrogen-bond donors (Lipinski definition) is 2. The molecule has 0 saturated heterocycles. The first-order chi connectivity index (χ1) is 8.96. The number of amides is 1. The van der Waals surface area contributed by atoms with Gasteiger partial charge in [0.05, 0.1) is 18.3 Å². The maximum Gasteiger partial charge on any atom is 0.244 e. The SMILES string of the molecule is Cc1c(/C=C/C(=O)NC(C)(CO)C2CC2)cnn1C. The zero-order valence-electron chi connectivity index (χ0n) is 11.7. The van der Waals surface area contributed by atoms with Crippen molar-refractivity contribution in [3.8, 4) is 0 Å². The molecule has 1 atom stereocenters. The van der Waals surface area contributed by atoms with E-state index in [9.17, 15) is 9.90 Å². The summed E-state index contributed by atoms with van der Waals surface area (Å²) in [4.78, 5) is 11.9. The molecule has 5 nitrogen and oxygen atoms in total. The Balaban J connectivity index is 1.99. The van der Waals surface area contributed by atoms with Crippen molar-refractivity contribution in [2.75, 3.05) is 6.61 Å². The first-order valence-corrected chi connectivity index (χ1v) is 6.56. The Morgan fingerprint density at radius 3 is 2.84 bits per heavy atom. The van der Waals surface area contributed by atoms with Gasteiger partial charge in [-0.2, -0.15) is 5.10 Å². The van der Waals surface area contributed by atoms with Crippen LogP contribution in [0.3, 0.4) is 0 Å². The molecule has 2 N–H and O–H groups in total. The first kappa shape index (κ1) is 13.8. The molecule has 1 saturated carbocycles. The number of rotatable bonds is 5. The van der Waals surface area contributed by atoms with Gasteiger partial charge in [-0.3, -0.25) is 9.48 Å². The summed E-state index contributed by atoms with van der Waals surface area (Å²) in [5, 5.41) is 16.4. The first-order valence-electron chi connectivity index (χ1n) is 6.56. The van der Waals surface area contributed by atoms with Gasteiger partial charge < -0.3 is 10.4 Å². The Labute approximate surface area is 113 Å². The third-order valence-corrected chi connectivity index (χ3v) is 3.90. The quantitative estimate of drug-likeness (QED) is 0.779. The molecular weight excluding hydrogens is 242 g/mol. The highest BCUT2D eigenvalue weighted by Crippen LogP contribution is 2.39. The smallest absolute Gasteiger partial charge is 0.244 e. The number of aliphatic hydroxyl groups excluding tert-OH is 1. The van der Waals surface area contributed by atoms with Gasteiger partial charge in [-0.25, -0.2) is 0 Å². The summed E-state index contributed by atoms with van der Waals surface area (Å²) < 4.78 is 1.76. The highest BCUT2D eigenvalue weighted by molar-refractivity contribution is 5.92. The van der Waals surface area contributed by atoms with Crippen molar-refractivity contribution in [2.24, 2.45) is 13.0 Å². The standard InChI is InChI=1S/C14H21N3O2/c1-10-11(8-15-17(10)3)4-7-13(19)16-14(2,9-18)12-5-6-12/h4,7-8,12,18H,5-6,9H2,1-3H3,(H,16,19)/b7-4+. The Bertz CT molecular complexity index is 503. The number of hydrogen-bond acceptors (Lipinski definition) is 3. The molecule has 1 fully saturated rings. The summed E-state index contributed by atoms with van der Waals surface area (Å²) in [5.41, 5.74) is 1.44. The van der Waals surface area contributed by atoms with E-state index in [2.05, 4.69) is 10.4 Å². The van der Waals surface area contributed by atoms with Crippen molar-refractivity contribution in [3.63, 3.8) is 0 Å². The van der Waals surface area contributed by atoms with Crippen LogP contribution in [0, 0.1) is 12.8 Å². The van der Waals surface area contributed by atoms with Crippen LogP contribution in [-0.2, 0) is 11.8 Å². The van der Waals surface area contributed by atoms with Gasteiger partial charge in [0.1, 0.15) is 0 Å². The van der Waals surface area contributed by atoms with E-state index < -0.39 is 5.54 Å². The van der Waals surface area contributed by atoms with Gasteiger partial charge in [0.25, 0.3) is 0 Å². The van der Waals surface area contributed by atoms with E-state index in [0.717, 1.165) is 24.1 Å². The molecule has 0 bridgehead atoms. The average Bonchev–Trinajstić information content (AvgIpc) is 3.18. The molecule has 1 heterocycles. The zero-order chi connectivity index (χ0) is 14.0. The molecule has 19 heavy (non-hydrogen) atoms. The Hall–Kier alpha value is -1.62. The Morgan fingerprint density at radius 1 is 1.68 bits per heavy atom. The lowest BCUT2D eigenvalue weighted by atomic mass is 9.97. The Morgan fingerprint density at radius 2 is 2.37 bits per heavy atom. The van der Waals surface area contributed by atoms with Crippen molar-refractivity contribution >= 4 is 12.0 Å². The monoisotopic (exact) mass is 263 g/mol. The predicted molar refractivity (Wildman–Crippen MR) is 73.3 cm³/mol. The minimum absolute atomic E-state index is 0.0246. The van der Waals surface area contributed by atoms with Crippen molar-refractivity contribution in [3.05, 3.63) is 23.5 Å². The van der Waals surface area contributed by atoms with Crippen LogP contribution in [0.25, 0.3) is 6.08 Å². The number of aliphatic hydroxyl groups is 1. The number of carbonyl (C=O) groups is 1. The van der Waals surface area contributed by atoms with Crippen LogP contribution >= 0.6 is 0 Å². The maximum absolute atomic E-state index is 11.9. The summed E-state index contributed by atoms with van der Waals surface area (Å²) >= 11 is 0. The van der Waals surface area contributed by atoms with E-state index in [0.29, 0.717) is 5.92 Å². The van der Waals surface area contributed by atoms with Gasteiger partial charge in [-0.05, 0) is 38.7 Å². The van der Waals surface area contributed by atoms with Crippen LogP contribution in [0.5, 0.6) is 0 Å². The second-order valence-corrected chi connectivity index (χ2v) is 5.48. The third-order valence-electron chi connectivity index (χ3n) is 3.90. The van der Waals surface area contributed by atoms with Gasteiger partial charge in [-0.1, -0.05) is 0 Å². The maximum atomic E-state index is 11.9. The molecule has 0 radical (unpaired) electrons. The lowest BCUT2D eigenvalue weighted by molar-refractivity contribution is -0.119. The molecule has 1 unspecified atom stereocenters. The Kier molecular flexibility index (Phi) is 3.75. The van der Waals surface area contributed by atoms with Crippen molar-refractivity contribution < 1.29 is 9.90 Å². The van der Waals surface area contributed by atoms with E-state index in [1.165, 1.54) is 6.08 Å². The van der Waals surface area contributed by atoms with E-state index >= 15 is 0 Å². The van der Waals surface area contributed by atoms with Gasteiger partial charge >= 0.3 is 0 Å². The number of carbonyl (C=O) groups excluding carboxylic acids is 1. The molecule has 0 aliphatic heterocycles. The fourth-order valence-corrected chi connectivity index (χ4v) is 2.16. The normalized spacial score (nSPS) is 18.5. The molecule has 0 spiro atoms. The molecule has 1 aliphatic carbocycles. The zero-order valence-corrected chi connectivity index (χ0v) is 11.7. The second kappa shape index (κ2) is 5.17. The molecule has 1 aliphatic rings. The van der Waals surface area contributed by atoms with E-state index in [1.54, 1.807) is 17.0 Å². The van der Waals surface area contributed by atoms with Crippen LogP contribution in [0.4, 0.5) is 0 Å². The molecule has 104 valence electrons. The molecule has 5 heteroatoms. The molecule has 1 aromatic rings. The fourth-order valence-electron chi connectivity index (χ4n) is 2.16. The molecular formula is C14H21N3O2. The van der Waals surface area contributed by atoms with E-state index in [4.69, 9.17) is 0 Å². The third kappa shape index (κ3) is 3.04. The van der Waals surface area contributed by atoms with Crippen molar-refractivity contribution in [2.45, 2.75) is 32.2 Å².